The first-order valence-corrected chi connectivity index (χ1v) is 5.11. The number of hydrogen-bond acceptors (Lipinski definition) is 2. The first kappa shape index (κ1) is 11.0. The van der Waals surface area contributed by atoms with Crippen molar-refractivity contribution in [3.05, 3.63) is 11.6 Å². The minimum absolute atomic E-state index is 0.0839. The summed E-state index contributed by atoms with van der Waals surface area (Å²) in [4.78, 5) is 11.2. The molecule has 0 radical (unpaired) electrons. The standard InChI is InChI=1S/C10H19N3O/c1-8(2)13-10(14)12-7-9-3-5-11-6-4-9/h3,8,11H,4-7H2,1-2H3,(H2,12,13,14). The molecule has 0 bridgehead atoms. The lowest BCUT2D eigenvalue weighted by molar-refractivity contribution is 0.239. The third-order valence-electron chi connectivity index (χ3n) is 2.05. The van der Waals surface area contributed by atoms with Crippen LogP contribution in [0.25, 0.3) is 0 Å². The van der Waals surface area contributed by atoms with Gasteiger partial charge in [-0.1, -0.05) is 11.6 Å². The molecule has 0 atom stereocenters. The number of nitrogens with one attached hydrogen (secondary N) is 3. The molecular weight excluding hydrogens is 178 g/mol. The Bertz CT molecular complexity index is 223. The van der Waals surface area contributed by atoms with E-state index in [-0.39, 0.29) is 12.1 Å². The molecule has 3 N–H and O–H groups in total. The van der Waals surface area contributed by atoms with Gasteiger partial charge in [-0.05, 0) is 26.8 Å². The number of carbonyl (C=O) groups is 1. The van der Waals surface area contributed by atoms with Gasteiger partial charge in [0.05, 0.1) is 0 Å². The van der Waals surface area contributed by atoms with Crippen LogP contribution < -0.4 is 16.0 Å². The van der Waals surface area contributed by atoms with Gasteiger partial charge in [-0.3, -0.25) is 0 Å². The van der Waals surface area contributed by atoms with Crippen molar-refractivity contribution < 1.29 is 4.79 Å². The second kappa shape index (κ2) is 5.65. The molecule has 0 fully saturated rings. The van der Waals surface area contributed by atoms with Crippen molar-refractivity contribution in [1.82, 2.24) is 16.0 Å². The van der Waals surface area contributed by atoms with Gasteiger partial charge >= 0.3 is 6.03 Å². The number of carbonyl (C=O) groups excluding carboxylic acids is 1. The van der Waals surface area contributed by atoms with E-state index in [1.165, 1.54) is 5.57 Å². The van der Waals surface area contributed by atoms with Crippen molar-refractivity contribution in [2.24, 2.45) is 0 Å². The van der Waals surface area contributed by atoms with Gasteiger partial charge in [-0.25, -0.2) is 4.79 Å². The summed E-state index contributed by atoms with van der Waals surface area (Å²) in [7, 11) is 0. The predicted molar refractivity (Wildman–Crippen MR) is 57.2 cm³/mol. The Morgan fingerprint density at radius 3 is 3.00 bits per heavy atom. The molecule has 1 aliphatic rings. The maximum atomic E-state index is 11.2. The first-order valence-electron chi connectivity index (χ1n) is 5.11. The zero-order valence-corrected chi connectivity index (χ0v) is 8.89. The lowest BCUT2D eigenvalue weighted by atomic mass is 10.1. The van der Waals surface area contributed by atoms with Crippen molar-refractivity contribution in [2.75, 3.05) is 19.6 Å². The van der Waals surface area contributed by atoms with E-state index in [1.54, 1.807) is 0 Å². The second-order valence-corrected chi connectivity index (χ2v) is 3.80. The van der Waals surface area contributed by atoms with Gasteiger partial charge in [-0.2, -0.15) is 0 Å². The predicted octanol–water partition coefficient (Wildman–Crippen LogP) is 0.614. The average molecular weight is 197 g/mol. The van der Waals surface area contributed by atoms with E-state index >= 15 is 0 Å². The van der Waals surface area contributed by atoms with Crippen molar-refractivity contribution in [1.29, 1.82) is 0 Å². The summed E-state index contributed by atoms with van der Waals surface area (Å²) in [5, 5.41) is 8.86. The van der Waals surface area contributed by atoms with Gasteiger partial charge in [-0.15, -0.1) is 0 Å². The van der Waals surface area contributed by atoms with Crippen LogP contribution in [0.2, 0.25) is 0 Å². The van der Waals surface area contributed by atoms with Crippen molar-refractivity contribution in [3.8, 4) is 0 Å². The van der Waals surface area contributed by atoms with Gasteiger partial charge in [0, 0.05) is 19.1 Å². The third kappa shape index (κ3) is 4.28. The fourth-order valence-corrected chi connectivity index (χ4v) is 1.34. The summed E-state index contributed by atoms with van der Waals surface area (Å²) in [5.41, 5.74) is 1.31. The highest BCUT2D eigenvalue weighted by Gasteiger charge is 2.05. The van der Waals surface area contributed by atoms with Crippen LogP contribution in [0.4, 0.5) is 4.79 Å². The monoisotopic (exact) mass is 197 g/mol. The smallest absolute Gasteiger partial charge is 0.315 e. The quantitative estimate of drug-likeness (QED) is 0.581. The van der Waals surface area contributed by atoms with Crippen LogP contribution >= 0.6 is 0 Å². The van der Waals surface area contributed by atoms with Crippen molar-refractivity contribution >= 4 is 6.03 Å². The molecule has 0 spiro atoms. The largest absolute Gasteiger partial charge is 0.336 e. The second-order valence-electron chi connectivity index (χ2n) is 3.80. The Balaban J connectivity index is 2.19. The molecule has 0 aromatic rings. The Kier molecular flexibility index (Phi) is 4.46. The Labute approximate surface area is 85.1 Å². The topological polar surface area (TPSA) is 53.2 Å². The molecule has 2 amide bonds. The van der Waals surface area contributed by atoms with Crippen LogP contribution in [-0.4, -0.2) is 31.7 Å². The molecule has 0 aromatic carbocycles. The molecule has 4 nitrogen and oxygen atoms in total. The van der Waals surface area contributed by atoms with Crippen molar-refractivity contribution in [2.45, 2.75) is 26.3 Å². The molecule has 0 aliphatic carbocycles. The van der Waals surface area contributed by atoms with E-state index in [4.69, 9.17) is 0 Å². The fourth-order valence-electron chi connectivity index (χ4n) is 1.34. The van der Waals surface area contributed by atoms with Crippen molar-refractivity contribution in [3.63, 3.8) is 0 Å². The highest BCUT2D eigenvalue weighted by Crippen LogP contribution is 2.01. The van der Waals surface area contributed by atoms with E-state index < -0.39 is 0 Å². The lowest BCUT2D eigenvalue weighted by Crippen LogP contribution is -2.40. The van der Waals surface area contributed by atoms with Gasteiger partial charge in [0.15, 0.2) is 0 Å². The summed E-state index contributed by atoms with van der Waals surface area (Å²) in [6.07, 6.45) is 3.17. The summed E-state index contributed by atoms with van der Waals surface area (Å²) >= 11 is 0. The summed E-state index contributed by atoms with van der Waals surface area (Å²) in [5.74, 6) is 0. The van der Waals surface area contributed by atoms with E-state index in [2.05, 4.69) is 22.0 Å². The maximum Gasteiger partial charge on any atom is 0.315 e. The highest BCUT2D eigenvalue weighted by atomic mass is 16.2. The molecular formula is C10H19N3O. The first-order chi connectivity index (χ1) is 6.68. The number of hydrogen-bond donors (Lipinski definition) is 3. The number of urea groups is 1. The maximum absolute atomic E-state index is 11.2. The van der Waals surface area contributed by atoms with Crippen LogP contribution in [0, 0.1) is 0 Å². The van der Waals surface area contributed by atoms with Crippen LogP contribution in [0.5, 0.6) is 0 Å². The van der Waals surface area contributed by atoms with Gasteiger partial charge in [0.25, 0.3) is 0 Å². The summed E-state index contributed by atoms with van der Waals surface area (Å²) in [6, 6.07) is 0.108. The van der Waals surface area contributed by atoms with E-state index in [9.17, 15) is 4.79 Å². The average Bonchev–Trinajstić information content (AvgIpc) is 2.15. The minimum atomic E-state index is -0.0839. The molecule has 80 valence electrons. The van der Waals surface area contributed by atoms with Crippen LogP contribution in [0.3, 0.4) is 0 Å². The molecule has 1 rings (SSSR count). The number of amides is 2. The molecule has 4 heteroatoms. The number of rotatable bonds is 3. The third-order valence-corrected chi connectivity index (χ3v) is 2.05. The Morgan fingerprint density at radius 2 is 2.43 bits per heavy atom. The van der Waals surface area contributed by atoms with Gasteiger partial charge < -0.3 is 16.0 Å². The van der Waals surface area contributed by atoms with Gasteiger partial charge in [0.1, 0.15) is 0 Å². The van der Waals surface area contributed by atoms with E-state index in [0.29, 0.717) is 6.54 Å². The Morgan fingerprint density at radius 1 is 1.64 bits per heavy atom. The van der Waals surface area contributed by atoms with E-state index in [0.717, 1.165) is 19.5 Å². The zero-order valence-electron chi connectivity index (χ0n) is 8.89. The van der Waals surface area contributed by atoms with E-state index in [1.807, 2.05) is 13.8 Å². The van der Waals surface area contributed by atoms with Crippen LogP contribution in [0.1, 0.15) is 20.3 Å². The van der Waals surface area contributed by atoms with Gasteiger partial charge in [0.2, 0.25) is 0 Å². The zero-order chi connectivity index (χ0) is 10.4. The van der Waals surface area contributed by atoms with Crippen LogP contribution in [-0.2, 0) is 0 Å². The normalized spacial score (nSPS) is 16.4. The van der Waals surface area contributed by atoms with Crippen LogP contribution in [0.15, 0.2) is 11.6 Å². The molecule has 1 heterocycles. The molecule has 0 unspecified atom stereocenters. The highest BCUT2D eigenvalue weighted by molar-refractivity contribution is 5.74. The lowest BCUT2D eigenvalue weighted by Gasteiger charge is -2.15. The molecule has 0 saturated heterocycles. The summed E-state index contributed by atoms with van der Waals surface area (Å²) in [6.45, 7) is 6.50. The minimum Gasteiger partial charge on any atom is -0.336 e. The molecule has 0 saturated carbocycles. The molecule has 0 aromatic heterocycles. The Hall–Kier alpha value is -1.03. The fraction of sp³-hybridized carbons (Fsp3) is 0.700. The summed E-state index contributed by atoms with van der Waals surface area (Å²) < 4.78 is 0. The molecule has 14 heavy (non-hydrogen) atoms. The SMILES string of the molecule is CC(C)NC(=O)NCC1=CCNCC1. The molecule has 1 aliphatic heterocycles.